The molecule has 2 aromatic rings. The highest BCUT2D eigenvalue weighted by atomic mass is 19.1. The van der Waals surface area contributed by atoms with Gasteiger partial charge in [0.15, 0.2) is 5.82 Å². The van der Waals surface area contributed by atoms with Gasteiger partial charge >= 0.3 is 0 Å². The van der Waals surface area contributed by atoms with Gasteiger partial charge in [-0.1, -0.05) is 6.07 Å². The van der Waals surface area contributed by atoms with E-state index in [0.29, 0.717) is 11.6 Å². The number of hydrogen-bond acceptors (Lipinski definition) is 2. The van der Waals surface area contributed by atoms with Crippen LogP contribution in [0.3, 0.4) is 0 Å². The molecule has 0 bridgehead atoms. The first-order valence-electron chi connectivity index (χ1n) is 6.66. The van der Waals surface area contributed by atoms with E-state index < -0.39 is 0 Å². The van der Waals surface area contributed by atoms with Crippen LogP contribution in [0.4, 0.5) is 4.39 Å². The largest absolute Gasteiger partial charge is 0.328 e. The predicted molar refractivity (Wildman–Crippen MR) is 70.1 cm³/mol. The molecular formula is C14H18FN3. The summed E-state index contributed by atoms with van der Waals surface area (Å²) in [7, 11) is 0. The average Bonchev–Trinajstić information content (AvgIpc) is 2.97. The first kappa shape index (κ1) is 11.7. The number of imidazole rings is 1. The molecule has 1 saturated heterocycles. The van der Waals surface area contributed by atoms with Crippen molar-refractivity contribution in [2.75, 3.05) is 6.54 Å². The summed E-state index contributed by atoms with van der Waals surface area (Å²) in [6.45, 7) is 4.00. The maximum absolute atomic E-state index is 13.7. The van der Waals surface area contributed by atoms with E-state index in [1.54, 1.807) is 6.07 Å². The molecule has 1 N–H and O–H groups in total. The number of nitrogens with zero attached hydrogens (tertiary/aromatic N) is 2. The smallest absolute Gasteiger partial charge is 0.151 e. The number of halogens is 1. The van der Waals surface area contributed by atoms with Crippen molar-refractivity contribution < 1.29 is 4.39 Å². The fraction of sp³-hybridized carbons (Fsp3) is 0.500. The number of para-hydroxylation sites is 1. The van der Waals surface area contributed by atoms with Gasteiger partial charge < -0.3 is 9.88 Å². The van der Waals surface area contributed by atoms with Crippen molar-refractivity contribution in [1.29, 1.82) is 0 Å². The van der Waals surface area contributed by atoms with Crippen LogP contribution in [-0.4, -0.2) is 22.1 Å². The van der Waals surface area contributed by atoms with Gasteiger partial charge in [-0.3, -0.25) is 0 Å². The monoisotopic (exact) mass is 247 g/mol. The molecule has 96 valence electrons. The lowest BCUT2D eigenvalue weighted by molar-refractivity contribution is 0.565. The molecule has 1 aromatic carbocycles. The molecule has 1 aliphatic rings. The molecule has 2 heterocycles. The predicted octanol–water partition coefficient (Wildman–Crippen LogP) is 2.49. The molecule has 4 heteroatoms. The third kappa shape index (κ3) is 1.90. The van der Waals surface area contributed by atoms with Crippen molar-refractivity contribution in [3.63, 3.8) is 0 Å². The van der Waals surface area contributed by atoms with Crippen molar-refractivity contribution in [3.8, 4) is 0 Å². The Kier molecular flexibility index (Phi) is 3.04. The van der Waals surface area contributed by atoms with E-state index in [1.807, 2.05) is 6.07 Å². The molecule has 0 radical (unpaired) electrons. The summed E-state index contributed by atoms with van der Waals surface area (Å²) in [6, 6.07) is 5.67. The van der Waals surface area contributed by atoms with Gasteiger partial charge in [0.05, 0.1) is 5.52 Å². The molecule has 1 unspecified atom stereocenters. The number of nitrogens with one attached hydrogen (secondary N) is 1. The zero-order chi connectivity index (χ0) is 12.5. The maximum atomic E-state index is 13.7. The maximum Gasteiger partial charge on any atom is 0.151 e. The lowest BCUT2D eigenvalue weighted by Crippen LogP contribution is -2.25. The standard InChI is InChI=1S/C14H18FN3/c1-2-18-12-7-3-6-11(15)14(12)17-13(18)9-10-5-4-8-16-10/h3,6-7,10,16H,2,4-5,8-9H2,1H3. The van der Waals surface area contributed by atoms with Gasteiger partial charge in [-0.05, 0) is 38.4 Å². The van der Waals surface area contributed by atoms with Gasteiger partial charge in [-0.25, -0.2) is 9.37 Å². The van der Waals surface area contributed by atoms with Crippen LogP contribution in [-0.2, 0) is 13.0 Å². The summed E-state index contributed by atoms with van der Waals surface area (Å²) in [4.78, 5) is 4.49. The molecule has 1 aromatic heterocycles. The van der Waals surface area contributed by atoms with Gasteiger partial charge in [0, 0.05) is 19.0 Å². The average molecular weight is 247 g/mol. The number of aromatic nitrogens is 2. The van der Waals surface area contributed by atoms with Gasteiger partial charge in [0.1, 0.15) is 11.3 Å². The SMILES string of the molecule is CCn1c(CC2CCCN2)nc2c(F)cccc21. The minimum atomic E-state index is -0.222. The molecule has 0 saturated carbocycles. The summed E-state index contributed by atoms with van der Waals surface area (Å²) >= 11 is 0. The zero-order valence-electron chi connectivity index (χ0n) is 10.6. The molecule has 1 aliphatic heterocycles. The minimum Gasteiger partial charge on any atom is -0.328 e. The third-order valence-electron chi connectivity index (χ3n) is 3.72. The van der Waals surface area contributed by atoms with Gasteiger partial charge in [-0.2, -0.15) is 0 Å². The van der Waals surface area contributed by atoms with Crippen molar-refractivity contribution in [2.24, 2.45) is 0 Å². The quantitative estimate of drug-likeness (QED) is 0.903. The Morgan fingerprint density at radius 1 is 1.50 bits per heavy atom. The molecule has 1 fully saturated rings. The topological polar surface area (TPSA) is 29.9 Å². The van der Waals surface area contributed by atoms with Crippen molar-refractivity contribution in [3.05, 3.63) is 29.8 Å². The van der Waals surface area contributed by atoms with E-state index in [2.05, 4.69) is 21.8 Å². The fourth-order valence-corrected chi connectivity index (χ4v) is 2.82. The van der Waals surface area contributed by atoms with Gasteiger partial charge in [-0.15, -0.1) is 0 Å². The van der Waals surface area contributed by atoms with Crippen LogP contribution in [0, 0.1) is 5.82 Å². The van der Waals surface area contributed by atoms with Crippen molar-refractivity contribution >= 4 is 11.0 Å². The van der Waals surface area contributed by atoms with Gasteiger partial charge in [0.25, 0.3) is 0 Å². The molecule has 0 spiro atoms. The van der Waals surface area contributed by atoms with Crippen LogP contribution in [0.15, 0.2) is 18.2 Å². The Morgan fingerprint density at radius 2 is 2.39 bits per heavy atom. The highest BCUT2D eigenvalue weighted by Crippen LogP contribution is 2.21. The highest BCUT2D eigenvalue weighted by Gasteiger charge is 2.19. The molecule has 3 rings (SSSR count). The van der Waals surface area contributed by atoms with Crippen LogP contribution in [0.5, 0.6) is 0 Å². The summed E-state index contributed by atoms with van der Waals surface area (Å²) in [5.41, 5.74) is 1.41. The minimum absolute atomic E-state index is 0.222. The Balaban J connectivity index is 2.02. The fourth-order valence-electron chi connectivity index (χ4n) is 2.82. The van der Waals surface area contributed by atoms with Crippen LogP contribution >= 0.6 is 0 Å². The second-order valence-electron chi connectivity index (χ2n) is 4.88. The molecular weight excluding hydrogens is 229 g/mol. The van der Waals surface area contributed by atoms with Crippen LogP contribution in [0.2, 0.25) is 0 Å². The number of fused-ring (bicyclic) bond motifs is 1. The third-order valence-corrected chi connectivity index (χ3v) is 3.72. The van der Waals surface area contributed by atoms with E-state index in [9.17, 15) is 4.39 Å². The second kappa shape index (κ2) is 4.69. The van der Waals surface area contributed by atoms with Gasteiger partial charge in [0.2, 0.25) is 0 Å². The van der Waals surface area contributed by atoms with Crippen LogP contribution in [0.25, 0.3) is 11.0 Å². The summed E-state index contributed by atoms with van der Waals surface area (Å²) in [5.74, 6) is 0.775. The summed E-state index contributed by atoms with van der Waals surface area (Å²) in [5, 5.41) is 3.47. The van der Waals surface area contributed by atoms with E-state index in [-0.39, 0.29) is 5.82 Å². The Bertz CT molecular complexity index is 555. The molecule has 0 aliphatic carbocycles. The summed E-state index contributed by atoms with van der Waals surface area (Å²) in [6.07, 6.45) is 3.31. The van der Waals surface area contributed by atoms with E-state index in [0.717, 1.165) is 30.9 Å². The highest BCUT2D eigenvalue weighted by molar-refractivity contribution is 5.76. The first-order chi connectivity index (χ1) is 8.79. The molecule has 1 atom stereocenters. The van der Waals surface area contributed by atoms with Crippen LogP contribution < -0.4 is 5.32 Å². The number of benzene rings is 1. The lowest BCUT2D eigenvalue weighted by atomic mass is 10.1. The Labute approximate surface area is 106 Å². The molecule has 18 heavy (non-hydrogen) atoms. The summed E-state index contributed by atoms with van der Waals surface area (Å²) < 4.78 is 15.9. The molecule has 3 nitrogen and oxygen atoms in total. The van der Waals surface area contributed by atoms with E-state index in [4.69, 9.17) is 0 Å². The zero-order valence-corrected chi connectivity index (χ0v) is 10.6. The number of hydrogen-bond donors (Lipinski definition) is 1. The first-order valence-corrected chi connectivity index (χ1v) is 6.66. The van der Waals surface area contributed by atoms with Crippen molar-refractivity contribution in [2.45, 2.75) is 38.8 Å². The van der Waals surface area contributed by atoms with E-state index in [1.165, 1.54) is 18.9 Å². The Hall–Kier alpha value is -1.42. The lowest BCUT2D eigenvalue weighted by Gasteiger charge is -2.11. The van der Waals surface area contributed by atoms with E-state index >= 15 is 0 Å². The number of aryl methyl sites for hydroxylation is 1. The normalized spacial score (nSPS) is 19.8. The number of rotatable bonds is 3. The molecule has 0 amide bonds. The van der Waals surface area contributed by atoms with Crippen molar-refractivity contribution in [1.82, 2.24) is 14.9 Å². The second-order valence-corrected chi connectivity index (χ2v) is 4.88. The van der Waals surface area contributed by atoms with Crippen LogP contribution in [0.1, 0.15) is 25.6 Å². The Morgan fingerprint density at radius 3 is 3.11 bits per heavy atom.